The molecule has 1 amide bonds. The second-order valence-electron chi connectivity index (χ2n) is 8.53. The number of carbonyl (C=O) groups is 1. The highest BCUT2D eigenvalue weighted by Crippen LogP contribution is 2.27. The van der Waals surface area contributed by atoms with E-state index in [-0.39, 0.29) is 6.04 Å². The van der Waals surface area contributed by atoms with Crippen LogP contribution in [-0.4, -0.2) is 33.3 Å². The van der Waals surface area contributed by atoms with Crippen LogP contribution in [0.2, 0.25) is 0 Å². The number of methoxy groups -OCH3 is 1. The molecule has 0 radical (unpaired) electrons. The first-order valence-electron chi connectivity index (χ1n) is 10.4. The van der Waals surface area contributed by atoms with Gasteiger partial charge in [-0.1, -0.05) is 12.1 Å². The molecule has 3 aromatic rings. The molecule has 8 heteroatoms. The van der Waals surface area contributed by atoms with Crippen LogP contribution in [0.1, 0.15) is 50.7 Å². The molecule has 170 valence electrons. The van der Waals surface area contributed by atoms with Crippen molar-refractivity contribution in [1.29, 1.82) is 0 Å². The molecule has 3 rings (SSSR count). The lowest BCUT2D eigenvalue weighted by Crippen LogP contribution is -2.34. The quantitative estimate of drug-likeness (QED) is 0.564. The molecular weight excluding hydrogens is 408 g/mol. The minimum absolute atomic E-state index is 0.217. The van der Waals surface area contributed by atoms with Gasteiger partial charge in [-0.2, -0.15) is 4.98 Å². The Hall–Kier alpha value is -3.55. The molecule has 2 heterocycles. The summed E-state index contributed by atoms with van der Waals surface area (Å²) in [5.74, 6) is 1.89. The molecule has 0 unspecified atom stereocenters. The summed E-state index contributed by atoms with van der Waals surface area (Å²) >= 11 is 0. The molecule has 2 aromatic heterocycles. The largest absolute Gasteiger partial charge is 0.478 e. The van der Waals surface area contributed by atoms with Crippen LogP contribution in [0.4, 0.5) is 4.79 Å². The van der Waals surface area contributed by atoms with E-state index in [0.717, 1.165) is 17.0 Å². The maximum absolute atomic E-state index is 12.0. The van der Waals surface area contributed by atoms with Gasteiger partial charge in [0.1, 0.15) is 11.4 Å². The minimum atomic E-state index is -0.544. The molecule has 0 aliphatic heterocycles. The van der Waals surface area contributed by atoms with Gasteiger partial charge in [-0.3, -0.25) is 4.57 Å². The molecule has 1 atom stereocenters. The van der Waals surface area contributed by atoms with E-state index in [4.69, 9.17) is 14.2 Å². The third kappa shape index (κ3) is 5.57. The highest BCUT2D eigenvalue weighted by molar-refractivity contribution is 5.68. The van der Waals surface area contributed by atoms with Crippen molar-refractivity contribution >= 4 is 6.09 Å². The van der Waals surface area contributed by atoms with Gasteiger partial charge in [0.25, 0.3) is 5.88 Å². The zero-order chi connectivity index (χ0) is 23.5. The van der Waals surface area contributed by atoms with E-state index >= 15 is 0 Å². The third-order valence-corrected chi connectivity index (χ3v) is 4.71. The van der Waals surface area contributed by atoms with Gasteiger partial charge in [0, 0.05) is 11.4 Å². The number of carbonyl (C=O) groups excluding carboxylic acids is 1. The van der Waals surface area contributed by atoms with Crippen molar-refractivity contribution in [2.75, 3.05) is 7.11 Å². The first kappa shape index (κ1) is 23.1. The fourth-order valence-electron chi connectivity index (χ4n) is 3.21. The Kier molecular flexibility index (Phi) is 6.72. The van der Waals surface area contributed by atoms with Crippen LogP contribution in [0.3, 0.4) is 0 Å². The van der Waals surface area contributed by atoms with Crippen LogP contribution < -0.4 is 14.8 Å². The monoisotopic (exact) mass is 438 g/mol. The van der Waals surface area contributed by atoms with Crippen LogP contribution in [0.5, 0.6) is 17.5 Å². The van der Waals surface area contributed by atoms with Crippen molar-refractivity contribution in [2.24, 2.45) is 0 Å². The Bertz CT molecular complexity index is 1060. The summed E-state index contributed by atoms with van der Waals surface area (Å²) in [7, 11) is 1.55. The molecule has 8 nitrogen and oxygen atoms in total. The maximum Gasteiger partial charge on any atom is 0.408 e. The van der Waals surface area contributed by atoms with Crippen molar-refractivity contribution in [3.8, 4) is 23.3 Å². The second kappa shape index (κ2) is 9.30. The minimum Gasteiger partial charge on any atom is -0.478 e. The van der Waals surface area contributed by atoms with E-state index in [1.165, 1.54) is 0 Å². The maximum atomic E-state index is 12.0. The fourth-order valence-corrected chi connectivity index (χ4v) is 3.21. The number of hydrogen-bond acceptors (Lipinski definition) is 6. The predicted octanol–water partition coefficient (Wildman–Crippen LogP) is 5.27. The fraction of sp³-hybridized carbons (Fsp3) is 0.375. The molecule has 0 spiro atoms. The molecule has 0 saturated heterocycles. The zero-order valence-electron chi connectivity index (χ0n) is 19.6. The van der Waals surface area contributed by atoms with Crippen LogP contribution in [0.15, 0.2) is 42.6 Å². The van der Waals surface area contributed by atoms with E-state index in [9.17, 15) is 4.79 Å². The van der Waals surface area contributed by atoms with Gasteiger partial charge in [-0.15, -0.1) is 0 Å². The van der Waals surface area contributed by atoms with Crippen molar-refractivity contribution in [3.05, 3.63) is 59.5 Å². The van der Waals surface area contributed by atoms with E-state index in [1.54, 1.807) is 13.3 Å². The summed E-state index contributed by atoms with van der Waals surface area (Å²) < 4.78 is 18.6. The summed E-state index contributed by atoms with van der Waals surface area (Å²) in [6, 6.07) is 11.2. The van der Waals surface area contributed by atoms with Crippen molar-refractivity contribution < 1.29 is 19.0 Å². The van der Waals surface area contributed by atoms with Crippen molar-refractivity contribution in [2.45, 2.75) is 53.2 Å². The second-order valence-corrected chi connectivity index (χ2v) is 8.53. The van der Waals surface area contributed by atoms with Gasteiger partial charge in [0.05, 0.1) is 19.3 Å². The lowest BCUT2D eigenvalue weighted by molar-refractivity contribution is 0.0508. The number of amides is 1. The van der Waals surface area contributed by atoms with Crippen molar-refractivity contribution in [3.63, 3.8) is 0 Å². The number of ether oxygens (including phenoxy) is 3. The number of nitrogens with zero attached hydrogens (tertiary/aromatic N) is 3. The van der Waals surface area contributed by atoms with Crippen LogP contribution in [-0.2, 0) is 4.74 Å². The molecule has 0 fully saturated rings. The third-order valence-electron chi connectivity index (χ3n) is 4.71. The summed E-state index contributed by atoms with van der Waals surface area (Å²) in [6.45, 7) is 11.4. The molecule has 1 N–H and O–H groups in total. The van der Waals surface area contributed by atoms with Crippen LogP contribution >= 0.6 is 0 Å². The summed E-state index contributed by atoms with van der Waals surface area (Å²) in [5, 5.41) is 2.82. The highest BCUT2D eigenvalue weighted by Gasteiger charge is 2.19. The molecule has 1 aromatic carbocycles. The molecule has 0 aliphatic rings. The van der Waals surface area contributed by atoms with Crippen LogP contribution in [0, 0.1) is 13.8 Å². The van der Waals surface area contributed by atoms with Gasteiger partial charge in [-0.25, -0.2) is 9.78 Å². The Morgan fingerprint density at radius 1 is 1.06 bits per heavy atom. The lowest BCUT2D eigenvalue weighted by atomic mass is 10.1. The van der Waals surface area contributed by atoms with E-state index < -0.39 is 11.7 Å². The number of alkyl carbamates (subject to hydrolysis) is 1. The molecule has 32 heavy (non-hydrogen) atoms. The Morgan fingerprint density at radius 3 is 2.25 bits per heavy atom. The van der Waals surface area contributed by atoms with Gasteiger partial charge in [-0.05, 0) is 71.4 Å². The number of rotatable bonds is 6. The van der Waals surface area contributed by atoms with Gasteiger partial charge in [0.15, 0.2) is 0 Å². The first-order valence-corrected chi connectivity index (χ1v) is 10.4. The average Bonchev–Trinajstić information content (AvgIpc) is 3.05. The van der Waals surface area contributed by atoms with Gasteiger partial charge in [0.2, 0.25) is 11.7 Å². The van der Waals surface area contributed by atoms with Crippen LogP contribution in [0.25, 0.3) is 5.82 Å². The van der Waals surface area contributed by atoms with Gasteiger partial charge < -0.3 is 19.5 Å². The molecule has 0 aliphatic carbocycles. The normalized spacial score (nSPS) is 12.2. The SMILES string of the molecule is COc1nc(Oc2ccc([C@@H](C)NC(=O)OC(C)(C)C)cc2)cnc1-n1c(C)ccc1C. The number of benzene rings is 1. The lowest BCUT2D eigenvalue weighted by Gasteiger charge is -2.22. The number of aromatic nitrogens is 3. The summed E-state index contributed by atoms with van der Waals surface area (Å²) in [6.07, 6.45) is 1.11. The summed E-state index contributed by atoms with van der Waals surface area (Å²) in [5.41, 5.74) is 2.44. The van der Waals surface area contributed by atoms with Crippen molar-refractivity contribution in [1.82, 2.24) is 19.9 Å². The van der Waals surface area contributed by atoms with E-state index in [1.807, 2.05) is 82.5 Å². The zero-order valence-corrected chi connectivity index (χ0v) is 19.6. The van der Waals surface area contributed by atoms with E-state index in [0.29, 0.717) is 23.3 Å². The number of nitrogens with one attached hydrogen (secondary N) is 1. The standard InChI is InChI=1S/C24H30N4O4/c1-15-8-9-16(2)28(15)21-22(30-7)27-20(14-25-21)31-19-12-10-18(11-13-19)17(3)26-23(29)32-24(4,5)6/h8-14,17H,1-7H3,(H,26,29)/t17-/m1/s1. The molecular formula is C24H30N4O4. The molecule has 0 bridgehead atoms. The number of aryl methyl sites for hydroxylation is 2. The van der Waals surface area contributed by atoms with Gasteiger partial charge >= 0.3 is 6.09 Å². The Labute approximate surface area is 188 Å². The highest BCUT2D eigenvalue weighted by atomic mass is 16.6. The molecule has 0 saturated carbocycles. The predicted molar refractivity (Wildman–Crippen MR) is 122 cm³/mol. The Morgan fingerprint density at radius 2 is 1.69 bits per heavy atom. The smallest absolute Gasteiger partial charge is 0.408 e. The first-order chi connectivity index (χ1) is 15.1. The number of hydrogen-bond donors (Lipinski definition) is 1. The van der Waals surface area contributed by atoms with E-state index in [2.05, 4.69) is 15.3 Å². The topological polar surface area (TPSA) is 87.5 Å². The average molecular weight is 439 g/mol. The summed E-state index contributed by atoms with van der Waals surface area (Å²) in [4.78, 5) is 20.9. The Balaban J connectivity index is 1.71.